The van der Waals surface area contributed by atoms with Crippen LogP contribution in [0.4, 0.5) is 0 Å². The highest BCUT2D eigenvalue weighted by atomic mass is 16.1. The van der Waals surface area contributed by atoms with E-state index in [1.165, 1.54) is 0 Å². The van der Waals surface area contributed by atoms with E-state index in [1.54, 1.807) is 19.1 Å². The molecule has 2 aliphatic carbocycles. The second-order valence-electron chi connectivity index (χ2n) is 5.64. The van der Waals surface area contributed by atoms with Gasteiger partial charge in [-0.15, -0.1) is 0 Å². The Hall–Kier alpha value is -2.73. The van der Waals surface area contributed by atoms with Crippen LogP contribution in [0.1, 0.15) is 18.1 Å². The quantitative estimate of drug-likeness (QED) is 0.841. The number of hydrogen-bond donors (Lipinski definition) is 0. The average molecular weight is 289 g/mol. The molecule has 0 amide bonds. The molecule has 2 unspecified atom stereocenters. The highest BCUT2D eigenvalue weighted by Gasteiger charge is 2.39. The number of nitriles is 1. The summed E-state index contributed by atoms with van der Waals surface area (Å²) in [5, 5.41) is 8.83. The minimum atomic E-state index is -0.366. The number of carbonyl (C=O) groups is 2. The van der Waals surface area contributed by atoms with Crippen molar-refractivity contribution < 1.29 is 9.59 Å². The molecule has 108 valence electrons. The van der Waals surface area contributed by atoms with Crippen LogP contribution in [0.25, 0.3) is 0 Å². The zero-order valence-electron chi connectivity index (χ0n) is 12.2. The molecular formula is C19H15NO2. The van der Waals surface area contributed by atoms with Gasteiger partial charge in [0.25, 0.3) is 0 Å². The molecule has 0 bridgehead atoms. The largest absolute Gasteiger partial charge is 0.294 e. The summed E-state index contributed by atoms with van der Waals surface area (Å²) in [7, 11) is 0. The molecule has 0 saturated carbocycles. The lowest BCUT2D eigenvalue weighted by Crippen LogP contribution is -2.36. The van der Waals surface area contributed by atoms with Gasteiger partial charge in [-0.2, -0.15) is 5.26 Å². The number of nitrogens with zero attached hydrogens (tertiary/aromatic N) is 1. The Morgan fingerprint density at radius 2 is 1.59 bits per heavy atom. The topological polar surface area (TPSA) is 57.9 Å². The number of carbonyl (C=O) groups excluding carboxylic acids is 2. The van der Waals surface area contributed by atoms with Crippen molar-refractivity contribution in [1.82, 2.24) is 0 Å². The molecule has 3 rings (SSSR count). The molecule has 0 heterocycles. The van der Waals surface area contributed by atoms with E-state index >= 15 is 0 Å². The van der Waals surface area contributed by atoms with Crippen LogP contribution >= 0.6 is 0 Å². The Morgan fingerprint density at radius 3 is 2.18 bits per heavy atom. The van der Waals surface area contributed by atoms with E-state index in [2.05, 4.69) is 6.07 Å². The summed E-state index contributed by atoms with van der Waals surface area (Å²) < 4.78 is 0. The second kappa shape index (κ2) is 5.57. The number of rotatable bonds is 2. The predicted molar refractivity (Wildman–Crippen MR) is 82.8 cm³/mol. The normalized spacial score (nSPS) is 23.5. The molecule has 0 saturated heterocycles. The third-order valence-electron chi connectivity index (χ3n) is 4.32. The molecule has 0 fully saturated rings. The van der Waals surface area contributed by atoms with Gasteiger partial charge in [-0.1, -0.05) is 36.4 Å². The molecule has 0 aliphatic heterocycles. The van der Waals surface area contributed by atoms with E-state index in [1.807, 2.05) is 36.4 Å². The molecule has 1 aromatic rings. The molecule has 0 aromatic heterocycles. The Labute approximate surface area is 129 Å². The predicted octanol–water partition coefficient (Wildman–Crippen LogP) is 2.93. The summed E-state index contributed by atoms with van der Waals surface area (Å²) in [6, 6.07) is 9.19. The van der Waals surface area contributed by atoms with Gasteiger partial charge in [0.1, 0.15) is 0 Å². The number of hydrogen-bond acceptors (Lipinski definition) is 3. The van der Waals surface area contributed by atoms with Crippen molar-refractivity contribution in [3.8, 4) is 6.07 Å². The molecule has 2 aliphatic rings. The summed E-state index contributed by atoms with van der Waals surface area (Å²) in [6.07, 6.45) is 7.71. The molecule has 1 aromatic carbocycles. The Kier molecular flexibility index (Phi) is 3.60. The summed E-state index contributed by atoms with van der Waals surface area (Å²) in [5.41, 5.74) is 2.68. The van der Waals surface area contributed by atoms with E-state index in [0.29, 0.717) is 23.1 Å². The summed E-state index contributed by atoms with van der Waals surface area (Å²) >= 11 is 0. The van der Waals surface area contributed by atoms with Crippen molar-refractivity contribution in [3.05, 3.63) is 70.8 Å². The van der Waals surface area contributed by atoms with Crippen molar-refractivity contribution in [2.45, 2.75) is 13.3 Å². The SMILES string of the molecule is CC1=C(Cc2ccc(C#N)cc2)C(=O)C2C=CC=CC2C1=O. The maximum absolute atomic E-state index is 12.7. The minimum Gasteiger partial charge on any atom is -0.294 e. The first kappa shape index (κ1) is 14.2. The lowest BCUT2D eigenvalue weighted by atomic mass is 9.71. The van der Waals surface area contributed by atoms with Crippen LogP contribution in [0.15, 0.2) is 59.7 Å². The van der Waals surface area contributed by atoms with E-state index < -0.39 is 0 Å². The molecule has 2 atom stereocenters. The van der Waals surface area contributed by atoms with Crippen LogP contribution in [0.2, 0.25) is 0 Å². The van der Waals surface area contributed by atoms with Gasteiger partial charge in [-0.05, 0) is 30.2 Å². The van der Waals surface area contributed by atoms with Crippen LogP contribution < -0.4 is 0 Å². The van der Waals surface area contributed by atoms with E-state index in [9.17, 15) is 9.59 Å². The molecule has 3 nitrogen and oxygen atoms in total. The van der Waals surface area contributed by atoms with Gasteiger partial charge in [0, 0.05) is 12.0 Å². The van der Waals surface area contributed by atoms with Gasteiger partial charge in [-0.25, -0.2) is 0 Å². The van der Waals surface area contributed by atoms with E-state index in [0.717, 1.165) is 5.56 Å². The van der Waals surface area contributed by atoms with Crippen molar-refractivity contribution >= 4 is 11.6 Å². The molecular weight excluding hydrogens is 274 g/mol. The van der Waals surface area contributed by atoms with Gasteiger partial charge >= 0.3 is 0 Å². The standard InChI is InChI=1S/C19H15NO2/c1-12-17(10-13-6-8-14(11-20)9-7-13)19(22)16-5-3-2-4-15(16)18(12)21/h2-9,15-16H,10H2,1H3. The van der Waals surface area contributed by atoms with Crippen molar-refractivity contribution in [2.24, 2.45) is 11.8 Å². The minimum absolute atomic E-state index is 0.0343. The fourth-order valence-electron chi connectivity index (χ4n) is 3.01. The highest BCUT2D eigenvalue weighted by molar-refractivity contribution is 6.15. The first-order valence-corrected chi connectivity index (χ1v) is 7.24. The van der Waals surface area contributed by atoms with Crippen LogP contribution in [0, 0.1) is 23.2 Å². The fourth-order valence-corrected chi connectivity index (χ4v) is 3.01. The molecule has 0 radical (unpaired) electrons. The van der Waals surface area contributed by atoms with Gasteiger partial charge in [-0.3, -0.25) is 9.59 Å². The number of fused-ring (bicyclic) bond motifs is 1. The zero-order chi connectivity index (χ0) is 15.7. The first-order valence-electron chi connectivity index (χ1n) is 7.24. The highest BCUT2D eigenvalue weighted by Crippen LogP contribution is 2.34. The molecule has 0 spiro atoms. The van der Waals surface area contributed by atoms with Crippen molar-refractivity contribution in [2.75, 3.05) is 0 Å². The average Bonchev–Trinajstić information content (AvgIpc) is 2.57. The van der Waals surface area contributed by atoms with Gasteiger partial charge in [0.2, 0.25) is 0 Å². The lowest BCUT2D eigenvalue weighted by Gasteiger charge is -2.29. The van der Waals surface area contributed by atoms with E-state index in [-0.39, 0.29) is 23.4 Å². The van der Waals surface area contributed by atoms with Crippen LogP contribution in [0.3, 0.4) is 0 Å². The van der Waals surface area contributed by atoms with Crippen molar-refractivity contribution in [3.63, 3.8) is 0 Å². The first-order chi connectivity index (χ1) is 10.6. The Balaban J connectivity index is 1.94. The fraction of sp³-hybridized carbons (Fsp3) is 0.211. The number of Topliss-reactive ketones (excluding diaryl/α,β-unsaturated/α-hetero) is 2. The van der Waals surface area contributed by atoms with Crippen LogP contribution in [-0.4, -0.2) is 11.6 Å². The Bertz CT molecular complexity index is 773. The smallest absolute Gasteiger partial charge is 0.167 e. The maximum Gasteiger partial charge on any atom is 0.167 e. The summed E-state index contributed by atoms with van der Waals surface area (Å²) in [6.45, 7) is 1.74. The van der Waals surface area contributed by atoms with Crippen molar-refractivity contribution in [1.29, 1.82) is 5.26 Å². The third kappa shape index (κ3) is 2.33. The van der Waals surface area contributed by atoms with Crippen LogP contribution in [-0.2, 0) is 16.0 Å². The zero-order valence-corrected chi connectivity index (χ0v) is 12.2. The number of allylic oxidation sites excluding steroid dienone is 6. The molecule has 3 heteroatoms. The van der Waals surface area contributed by atoms with Gasteiger partial charge < -0.3 is 0 Å². The maximum atomic E-state index is 12.7. The summed E-state index contributed by atoms with van der Waals surface area (Å²) in [5.74, 6) is -0.641. The molecule has 0 N–H and O–H groups in total. The second-order valence-corrected chi connectivity index (χ2v) is 5.64. The molecule has 22 heavy (non-hydrogen) atoms. The summed E-state index contributed by atoms with van der Waals surface area (Å²) in [4.78, 5) is 25.2. The van der Waals surface area contributed by atoms with Gasteiger partial charge in [0.05, 0.1) is 23.5 Å². The van der Waals surface area contributed by atoms with Crippen LogP contribution in [0.5, 0.6) is 0 Å². The van der Waals surface area contributed by atoms with E-state index in [4.69, 9.17) is 5.26 Å². The Morgan fingerprint density at radius 1 is 1.00 bits per heavy atom. The monoisotopic (exact) mass is 289 g/mol. The number of benzene rings is 1. The van der Waals surface area contributed by atoms with Gasteiger partial charge in [0.15, 0.2) is 11.6 Å². The lowest BCUT2D eigenvalue weighted by molar-refractivity contribution is -0.127. The number of ketones is 2. The third-order valence-corrected chi connectivity index (χ3v) is 4.32.